The number of fused-ring (bicyclic) bond motifs is 4. The van der Waals surface area contributed by atoms with Crippen molar-refractivity contribution >= 4 is 26.8 Å². The van der Waals surface area contributed by atoms with E-state index in [1.807, 2.05) is 6.92 Å². The third kappa shape index (κ3) is 3.43. The van der Waals surface area contributed by atoms with Gasteiger partial charge in [0.15, 0.2) is 5.60 Å². The second kappa shape index (κ2) is 7.80. The van der Waals surface area contributed by atoms with Crippen molar-refractivity contribution in [3.8, 4) is 5.69 Å². The number of aromatic nitrogens is 2. The summed E-state index contributed by atoms with van der Waals surface area (Å²) in [5.41, 5.74) is 0.750. The number of aliphatic hydroxyl groups is 1. The lowest BCUT2D eigenvalue weighted by Crippen LogP contribution is -2.54. The van der Waals surface area contributed by atoms with Gasteiger partial charge in [0, 0.05) is 9.86 Å². The molecule has 0 radical (unpaired) electrons. The SMILES string of the molecule is CC[C@@]12CC[C@](O)(C(F)(F)F)C[C@H]1CCCc1c2cc2cnn(-c3ccc(F)cc3)c2c1Br. The first-order chi connectivity index (χ1) is 15.6. The minimum atomic E-state index is -4.62. The molecule has 0 bridgehead atoms. The molecular weight excluding hydrogens is 500 g/mol. The fourth-order valence-electron chi connectivity index (χ4n) is 6.17. The van der Waals surface area contributed by atoms with Crippen LogP contribution in [0.2, 0.25) is 0 Å². The van der Waals surface area contributed by atoms with Crippen LogP contribution in [0.5, 0.6) is 0 Å². The summed E-state index contributed by atoms with van der Waals surface area (Å²) in [5.74, 6) is -0.573. The summed E-state index contributed by atoms with van der Waals surface area (Å²) in [6.07, 6.45) is -0.271. The molecule has 8 heteroatoms. The number of hydrogen-bond acceptors (Lipinski definition) is 2. The van der Waals surface area contributed by atoms with Crippen molar-refractivity contribution in [2.45, 2.75) is 69.1 Å². The maximum Gasteiger partial charge on any atom is 0.417 e. The summed E-state index contributed by atoms with van der Waals surface area (Å²) in [6, 6.07) is 8.20. The Bertz CT molecular complexity index is 1210. The van der Waals surface area contributed by atoms with Gasteiger partial charge in [-0.2, -0.15) is 18.3 Å². The first-order valence-corrected chi connectivity index (χ1v) is 12.1. The van der Waals surface area contributed by atoms with Crippen LogP contribution in [0.15, 0.2) is 41.0 Å². The average Bonchev–Trinajstić information content (AvgIpc) is 3.12. The molecule has 0 saturated heterocycles. The predicted molar refractivity (Wildman–Crippen MR) is 122 cm³/mol. The van der Waals surface area contributed by atoms with Gasteiger partial charge >= 0.3 is 6.18 Å². The van der Waals surface area contributed by atoms with E-state index in [0.29, 0.717) is 19.3 Å². The molecule has 3 nitrogen and oxygen atoms in total. The molecule has 2 aromatic carbocycles. The van der Waals surface area contributed by atoms with Gasteiger partial charge in [-0.25, -0.2) is 9.07 Å². The molecule has 1 aromatic heterocycles. The zero-order chi connectivity index (χ0) is 23.6. The Hall–Kier alpha value is -1.93. The highest BCUT2D eigenvalue weighted by Crippen LogP contribution is 2.57. The minimum Gasteiger partial charge on any atom is -0.380 e. The Morgan fingerprint density at radius 3 is 2.61 bits per heavy atom. The van der Waals surface area contributed by atoms with Gasteiger partial charge in [0.25, 0.3) is 0 Å². The van der Waals surface area contributed by atoms with Gasteiger partial charge in [0.1, 0.15) is 5.82 Å². The smallest absolute Gasteiger partial charge is 0.380 e. The van der Waals surface area contributed by atoms with Crippen molar-refractivity contribution < 1.29 is 22.7 Å². The fourth-order valence-corrected chi connectivity index (χ4v) is 6.98. The zero-order valence-electron chi connectivity index (χ0n) is 18.2. The van der Waals surface area contributed by atoms with E-state index < -0.39 is 17.2 Å². The van der Waals surface area contributed by atoms with Crippen LogP contribution in [0.1, 0.15) is 56.6 Å². The number of alkyl halides is 3. The lowest BCUT2D eigenvalue weighted by molar-refractivity contribution is -0.279. The Morgan fingerprint density at radius 2 is 1.94 bits per heavy atom. The maximum absolute atomic E-state index is 13.7. The van der Waals surface area contributed by atoms with Crippen molar-refractivity contribution in [1.29, 1.82) is 0 Å². The molecule has 2 aliphatic rings. The number of halogens is 5. The molecule has 33 heavy (non-hydrogen) atoms. The Morgan fingerprint density at radius 1 is 1.21 bits per heavy atom. The Balaban J connectivity index is 1.66. The number of benzene rings is 2. The molecule has 1 saturated carbocycles. The van der Waals surface area contributed by atoms with E-state index in [1.54, 1.807) is 23.0 Å². The second-order valence-corrected chi connectivity index (χ2v) is 10.3. The topological polar surface area (TPSA) is 38.1 Å². The highest BCUT2D eigenvalue weighted by atomic mass is 79.9. The molecule has 1 N–H and O–H groups in total. The molecular formula is C25H25BrF4N2O. The third-order valence-electron chi connectivity index (χ3n) is 7.99. The Labute approximate surface area is 197 Å². The number of nitrogens with zero attached hydrogens (tertiary/aromatic N) is 2. The second-order valence-electron chi connectivity index (χ2n) is 9.52. The van der Waals surface area contributed by atoms with Crippen molar-refractivity contribution in [2.24, 2.45) is 5.92 Å². The molecule has 0 unspecified atom stereocenters. The largest absolute Gasteiger partial charge is 0.417 e. The fraction of sp³-hybridized carbons (Fsp3) is 0.480. The van der Waals surface area contributed by atoms with Crippen molar-refractivity contribution in [3.05, 3.63) is 57.9 Å². The van der Waals surface area contributed by atoms with E-state index in [0.717, 1.165) is 45.0 Å². The zero-order valence-corrected chi connectivity index (χ0v) is 19.8. The lowest BCUT2D eigenvalue weighted by Gasteiger charge is -2.50. The van der Waals surface area contributed by atoms with Crippen LogP contribution in [-0.2, 0) is 11.8 Å². The molecule has 1 heterocycles. The third-order valence-corrected chi connectivity index (χ3v) is 8.85. The van der Waals surface area contributed by atoms with Crippen LogP contribution in [0, 0.1) is 11.7 Å². The summed E-state index contributed by atoms with van der Waals surface area (Å²) in [7, 11) is 0. The van der Waals surface area contributed by atoms with Crippen LogP contribution in [0.4, 0.5) is 17.6 Å². The monoisotopic (exact) mass is 524 g/mol. The highest BCUT2D eigenvalue weighted by molar-refractivity contribution is 9.10. The lowest BCUT2D eigenvalue weighted by atomic mass is 9.56. The van der Waals surface area contributed by atoms with E-state index in [2.05, 4.69) is 27.1 Å². The molecule has 0 aliphatic heterocycles. The summed E-state index contributed by atoms with van der Waals surface area (Å²) in [6.45, 7) is 2.04. The molecule has 176 valence electrons. The molecule has 0 spiro atoms. The molecule has 5 rings (SSSR count). The summed E-state index contributed by atoms with van der Waals surface area (Å²) in [5, 5.41) is 15.9. The van der Waals surface area contributed by atoms with E-state index in [1.165, 1.54) is 12.1 Å². The van der Waals surface area contributed by atoms with Gasteiger partial charge in [0.2, 0.25) is 0 Å². The summed E-state index contributed by atoms with van der Waals surface area (Å²) >= 11 is 3.80. The predicted octanol–water partition coefficient (Wildman–Crippen LogP) is 7.00. The van der Waals surface area contributed by atoms with Gasteiger partial charge in [-0.15, -0.1) is 0 Å². The van der Waals surface area contributed by atoms with Crippen LogP contribution in [-0.4, -0.2) is 26.7 Å². The van der Waals surface area contributed by atoms with E-state index in [9.17, 15) is 22.7 Å². The molecule has 3 aromatic rings. The van der Waals surface area contributed by atoms with Gasteiger partial charge < -0.3 is 5.11 Å². The van der Waals surface area contributed by atoms with Gasteiger partial charge in [-0.1, -0.05) is 6.92 Å². The highest BCUT2D eigenvalue weighted by Gasteiger charge is 2.60. The maximum atomic E-state index is 13.7. The first-order valence-electron chi connectivity index (χ1n) is 11.3. The van der Waals surface area contributed by atoms with Crippen molar-refractivity contribution in [3.63, 3.8) is 0 Å². The minimum absolute atomic E-state index is 0.249. The molecule has 0 amide bonds. The van der Waals surface area contributed by atoms with Gasteiger partial charge in [-0.3, -0.25) is 0 Å². The molecule has 2 aliphatic carbocycles. The number of rotatable bonds is 2. The first kappa shape index (κ1) is 22.8. The van der Waals surface area contributed by atoms with Crippen molar-refractivity contribution in [1.82, 2.24) is 9.78 Å². The van der Waals surface area contributed by atoms with Crippen LogP contribution >= 0.6 is 15.9 Å². The standard InChI is InChI=1S/C25H25BrF4N2O/c1-2-23-10-11-24(33,25(28,29)30)13-16(23)4-3-5-19-20(23)12-15-14-31-32(22(15)21(19)26)18-8-6-17(27)7-9-18/h6-9,12,14,16,33H,2-5,10-11,13H2,1H3/t16-,23-,24-/m1/s1. The number of hydrogen-bond donors (Lipinski definition) is 1. The van der Waals surface area contributed by atoms with E-state index >= 15 is 0 Å². The summed E-state index contributed by atoms with van der Waals surface area (Å²) < 4.78 is 57.1. The average molecular weight is 525 g/mol. The summed E-state index contributed by atoms with van der Waals surface area (Å²) in [4.78, 5) is 0. The van der Waals surface area contributed by atoms with E-state index in [-0.39, 0.29) is 24.6 Å². The van der Waals surface area contributed by atoms with E-state index in [4.69, 9.17) is 0 Å². The molecule has 1 fully saturated rings. The Kier molecular flexibility index (Phi) is 5.40. The molecule has 3 atom stereocenters. The van der Waals surface area contributed by atoms with Crippen LogP contribution < -0.4 is 0 Å². The van der Waals surface area contributed by atoms with Crippen molar-refractivity contribution in [2.75, 3.05) is 0 Å². The van der Waals surface area contributed by atoms with Crippen LogP contribution in [0.3, 0.4) is 0 Å². The van der Waals surface area contributed by atoms with Crippen LogP contribution in [0.25, 0.3) is 16.6 Å². The van der Waals surface area contributed by atoms with Gasteiger partial charge in [0.05, 0.1) is 17.4 Å². The quantitative estimate of drug-likeness (QED) is 0.366. The van der Waals surface area contributed by atoms with Gasteiger partial charge in [-0.05, 0) is 114 Å². The normalized spacial score (nSPS) is 27.8.